The maximum absolute atomic E-state index is 13.1. The third-order valence-electron chi connectivity index (χ3n) is 5.63. The molecule has 0 N–H and O–H groups in total. The topological polar surface area (TPSA) is 59.7 Å². The predicted octanol–water partition coefficient (Wildman–Crippen LogP) is 4.54. The summed E-state index contributed by atoms with van der Waals surface area (Å²) in [6, 6.07) is 19.7. The van der Waals surface area contributed by atoms with Crippen molar-refractivity contribution in [2.24, 2.45) is 5.10 Å². The summed E-state index contributed by atoms with van der Waals surface area (Å²) in [5.74, 6) is -0.280. The lowest BCUT2D eigenvalue weighted by molar-refractivity contribution is -0.114. The van der Waals surface area contributed by atoms with Gasteiger partial charge in [-0.1, -0.05) is 50.2 Å². The van der Waals surface area contributed by atoms with Crippen molar-refractivity contribution >= 4 is 23.0 Å². The lowest BCUT2D eigenvalue weighted by Crippen LogP contribution is -2.24. The van der Waals surface area contributed by atoms with Crippen LogP contribution in [0.15, 0.2) is 82.6 Å². The third kappa shape index (κ3) is 2.85. The Hall–Kier alpha value is -3.65. The zero-order chi connectivity index (χ0) is 20.8. The van der Waals surface area contributed by atoms with Gasteiger partial charge in [-0.15, -0.1) is 0 Å². The van der Waals surface area contributed by atoms with E-state index in [0.29, 0.717) is 22.5 Å². The number of hydrazone groups is 1. The number of para-hydroxylation sites is 2. The maximum atomic E-state index is 13.1. The van der Waals surface area contributed by atoms with Crippen LogP contribution in [0.25, 0.3) is 0 Å². The average molecular weight is 382 g/mol. The number of hydrogen-bond acceptors (Lipinski definition) is 4. The molecular weight excluding hydrogens is 360 g/mol. The number of nitriles is 1. The van der Waals surface area contributed by atoms with Crippen LogP contribution in [0.5, 0.6) is 0 Å². The molecule has 2 aromatic rings. The summed E-state index contributed by atoms with van der Waals surface area (Å²) in [7, 11) is 1.99. The Morgan fingerprint density at radius 3 is 2.41 bits per heavy atom. The third-order valence-corrected chi connectivity index (χ3v) is 5.63. The zero-order valence-corrected chi connectivity index (χ0v) is 17.0. The first-order chi connectivity index (χ1) is 13.9. The summed E-state index contributed by atoms with van der Waals surface area (Å²) in [4.78, 5) is 15.2. The van der Waals surface area contributed by atoms with Crippen molar-refractivity contribution in [2.45, 2.75) is 26.2 Å². The molecule has 2 aliphatic heterocycles. The van der Waals surface area contributed by atoms with Crippen LogP contribution in [0.1, 0.15) is 26.3 Å². The number of amides is 1. The first-order valence-electron chi connectivity index (χ1n) is 9.51. The van der Waals surface area contributed by atoms with Crippen LogP contribution in [0.2, 0.25) is 0 Å². The first kappa shape index (κ1) is 18.7. The number of hydrogen-bond donors (Lipinski definition) is 0. The fourth-order valence-corrected chi connectivity index (χ4v) is 4.12. The minimum absolute atomic E-state index is 0.278. The Kier molecular flexibility index (Phi) is 4.35. The highest BCUT2D eigenvalue weighted by Crippen LogP contribution is 2.47. The largest absolute Gasteiger partial charge is 0.347 e. The first-order valence-corrected chi connectivity index (χ1v) is 9.51. The molecule has 2 aliphatic rings. The van der Waals surface area contributed by atoms with Crippen molar-refractivity contribution in [3.05, 3.63) is 83.1 Å². The lowest BCUT2D eigenvalue weighted by Gasteiger charge is -2.24. The van der Waals surface area contributed by atoms with Crippen molar-refractivity contribution in [1.82, 2.24) is 0 Å². The van der Waals surface area contributed by atoms with Gasteiger partial charge < -0.3 is 4.90 Å². The molecule has 5 nitrogen and oxygen atoms in total. The molecule has 0 atom stereocenters. The number of allylic oxidation sites excluding steroid dienone is 3. The van der Waals surface area contributed by atoms with Crippen molar-refractivity contribution in [1.29, 1.82) is 5.26 Å². The Bertz CT molecular complexity index is 1130. The van der Waals surface area contributed by atoms with Gasteiger partial charge in [0, 0.05) is 23.8 Å². The van der Waals surface area contributed by atoms with Crippen LogP contribution < -0.4 is 9.91 Å². The van der Waals surface area contributed by atoms with Crippen molar-refractivity contribution in [3.63, 3.8) is 0 Å². The summed E-state index contributed by atoms with van der Waals surface area (Å²) in [5, 5.41) is 15.7. The molecule has 5 heteroatoms. The van der Waals surface area contributed by atoms with Gasteiger partial charge in [-0.05, 0) is 36.8 Å². The monoisotopic (exact) mass is 382 g/mol. The minimum Gasteiger partial charge on any atom is -0.347 e. The lowest BCUT2D eigenvalue weighted by atomic mass is 9.83. The normalized spacial score (nSPS) is 20.6. The predicted molar refractivity (Wildman–Crippen MR) is 116 cm³/mol. The van der Waals surface area contributed by atoms with Gasteiger partial charge in [0.25, 0.3) is 5.91 Å². The van der Waals surface area contributed by atoms with Crippen LogP contribution in [0, 0.1) is 11.3 Å². The van der Waals surface area contributed by atoms with E-state index in [1.807, 2.05) is 55.6 Å². The highest BCUT2D eigenvalue weighted by molar-refractivity contribution is 6.30. The highest BCUT2D eigenvalue weighted by atomic mass is 16.2. The number of anilines is 2. The fraction of sp³-hybridized carbons (Fsp3) is 0.208. The van der Waals surface area contributed by atoms with Crippen LogP contribution in [-0.2, 0) is 10.2 Å². The quantitative estimate of drug-likeness (QED) is 0.566. The van der Waals surface area contributed by atoms with E-state index in [-0.39, 0.29) is 11.3 Å². The summed E-state index contributed by atoms with van der Waals surface area (Å²) >= 11 is 0. The number of rotatable bonds is 2. The Labute approximate surface area is 170 Å². The van der Waals surface area contributed by atoms with Gasteiger partial charge in [0.1, 0.15) is 6.07 Å². The van der Waals surface area contributed by atoms with Crippen LogP contribution >= 0.6 is 0 Å². The maximum Gasteiger partial charge on any atom is 0.281 e. The summed E-state index contributed by atoms with van der Waals surface area (Å²) in [6.07, 6.45) is 1.83. The van der Waals surface area contributed by atoms with E-state index in [1.165, 1.54) is 10.6 Å². The van der Waals surface area contributed by atoms with E-state index >= 15 is 0 Å². The van der Waals surface area contributed by atoms with E-state index in [9.17, 15) is 10.1 Å². The molecule has 144 valence electrons. The van der Waals surface area contributed by atoms with Crippen molar-refractivity contribution in [2.75, 3.05) is 17.0 Å². The number of carbonyl (C=O) groups excluding carboxylic acids is 1. The smallest absolute Gasteiger partial charge is 0.281 e. The van der Waals surface area contributed by atoms with Gasteiger partial charge in [0.15, 0.2) is 0 Å². The van der Waals surface area contributed by atoms with E-state index < -0.39 is 0 Å². The van der Waals surface area contributed by atoms with E-state index in [2.05, 4.69) is 42.1 Å². The Morgan fingerprint density at radius 1 is 1.10 bits per heavy atom. The molecule has 0 spiro atoms. The summed E-state index contributed by atoms with van der Waals surface area (Å²) < 4.78 is 0. The number of benzene rings is 2. The molecule has 0 bridgehead atoms. The molecule has 1 amide bonds. The van der Waals surface area contributed by atoms with Gasteiger partial charge >= 0.3 is 0 Å². The molecule has 0 saturated carbocycles. The Morgan fingerprint density at radius 2 is 1.76 bits per heavy atom. The summed E-state index contributed by atoms with van der Waals surface area (Å²) in [6.45, 7) is 6.04. The molecule has 0 saturated heterocycles. The van der Waals surface area contributed by atoms with Crippen molar-refractivity contribution < 1.29 is 4.79 Å². The standard InChI is InChI=1S/C24H22N4O/c1-16-22(23(29)28(26-16)18-10-6-5-7-11-18)17(15-25)14-21-24(2,3)19-12-8-9-13-20(19)27(21)4/h5-14H,1-4H3/b21-14+,22-17-. The minimum atomic E-state index is -0.280. The number of fused-ring (bicyclic) bond motifs is 1. The molecule has 0 radical (unpaired) electrons. The van der Waals surface area contributed by atoms with E-state index in [0.717, 1.165) is 11.4 Å². The van der Waals surface area contributed by atoms with Gasteiger partial charge in [-0.25, -0.2) is 0 Å². The van der Waals surface area contributed by atoms with Gasteiger partial charge in [-0.3, -0.25) is 4.79 Å². The van der Waals surface area contributed by atoms with Gasteiger partial charge in [-0.2, -0.15) is 15.4 Å². The molecule has 0 aliphatic carbocycles. The van der Waals surface area contributed by atoms with Gasteiger partial charge in [0.2, 0.25) is 0 Å². The van der Waals surface area contributed by atoms with E-state index in [4.69, 9.17) is 0 Å². The number of nitrogens with zero attached hydrogens (tertiary/aromatic N) is 4. The fourth-order valence-electron chi connectivity index (χ4n) is 4.12. The number of carbonyl (C=O) groups is 1. The Balaban J connectivity index is 1.81. The second kappa shape index (κ2) is 6.75. The van der Waals surface area contributed by atoms with Crippen LogP contribution in [0.4, 0.5) is 11.4 Å². The second-order valence-corrected chi connectivity index (χ2v) is 7.77. The second-order valence-electron chi connectivity index (χ2n) is 7.77. The molecule has 4 rings (SSSR count). The summed E-state index contributed by atoms with van der Waals surface area (Å²) in [5.41, 5.74) is 4.92. The highest BCUT2D eigenvalue weighted by Gasteiger charge is 2.39. The van der Waals surface area contributed by atoms with Crippen LogP contribution in [0.3, 0.4) is 0 Å². The van der Waals surface area contributed by atoms with Gasteiger partial charge in [0.05, 0.1) is 22.5 Å². The van der Waals surface area contributed by atoms with Crippen LogP contribution in [-0.4, -0.2) is 18.7 Å². The average Bonchev–Trinajstić information content (AvgIpc) is 3.12. The molecular formula is C24H22N4O. The van der Waals surface area contributed by atoms with Crippen molar-refractivity contribution in [3.8, 4) is 6.07 Å². The van der Waals surface area contributed by atoms with E-state index in [1.54, 1.807) is 6.92 Å². The molecule has 29 heavy (non-hydrogen) atoms. The SMILES string of the molecule is CC1=NN(c2ccccc2)C(=O)/C1=C(C#N)/C=C1/N(C)c2ccccc2C1(C)C. The zero-order valence-electron chi connectivity index (χ0n) is 17.0. The molecule has 0 fully saturated rings. The molecule has 0 unspecified atom stereocenters. The molecule has 0 aromatic heterocycles. The molecule has 2 heterocycles. The molecule has 2 aromatic carbocycles. The number of likely N-dealkylation sites (N-methyl/N-ethyl adjacent to an activating group) is 1.